The summed E-state index contributed by atoms with van der Waals surface area (Å²) in [5.74, 6) is 0.384. The van der Waals surface area contributed by atoms with Gasteiger partial charge in [-0.2, -0.15) is 4.31 Å². The van der Waals surface area contributed by atoms with Crippen LogP contribution in [0.5, 0.6) is 11.5 Å². The fourth-order valence-electron chi connectivity index (χ4n) is 4.98. The highest BCUT2D eigenvalue weighted by Crippen LogP contribution is 2.36. The molecular weight excluding hydrogens is 580 g/mol. The third kappa shape index (κ3) is 7.20. The molecule has 42 heavy (non-hydrogen) atoms. The van der Waals surface area contributed by atoms with E-state index in [-0.39, 0.29) is 29.9 Å². The minimum atomic E-state index is -3.91. The van der Waals surface area contributed by atoms with Crippen molar-refractivity contribution >= 4 is 43.3 Å². The topological polar surface area (TPSA) is 147 Å². The van der Waals surface area contributed by atoms with Gasteiger partial charge in [-0.1, -0.05) is 19.9 Å². The summed E-state index contributed by atoms with van der Waals surface area (Å²) in [5.41, 5.74) is 0.574. The van der Waals surface area contributed by atoms with Gasteiger partial charge in [0.1, 0.15) is 6.04 Å². The number of thiophene rings is 1. The van der Waals surface area contributed by atoms with E-state index in [0.717, 1.165) is 10.1 Å². The number of amides is 2. The first-order chi connectivity index (χ1) is 19.9. The molecule has 4 rings (SSSR count). The van der Waals surface area contributed by atoms with E-state index in [1.165, 1.54) is 21.7 Å². The molecule has 2 aromatic heterocycles. The number of carbonyl (C=O) groups excluding carboxylic acids is 2. The lowest BCUT2D eigenvalue weighted by Crippen LogP contribution is -2.54. The summed E-state index contributed by atoms with van der Waals surface area (Å²) in [6, 6.07) is 8.59. The second kappa shape index (κ2) is 13.4. The number of sulfonamides is 1. The van der Waals surface area contributed by atoms with Crippen molar-refractivity contribution in [3.63, 3.8) is 0 Å². The Morgan fingerprint density at radius 1 is 1.17 bits per heavy atom. The largest absolute Gasteiger partial charge is 0.493 e. The fourth-order valence-corrected chi connectivity index (χ4v) is 7.45. The first kappa shape index (κ1) is 31.7. The molecular formula is C29H38N4O7S2. The van der Waals surface area contributed by atoms with Gasteiger partial charge in [0, 0.05) is 29.5 Å². The fraction of sp³-hybridized carbons (Fsp3) is 0.483. The van der Waals surface area contributed by atoms with Crippen molar-refractivity contribution in [2.24, 2.45) is 5.92 Å². The number of aliphatic hydroxyl groups excluding tert-OH is 1. The number of benzene rings is 1. The number of pyridine rings is 1. The molecule has 1 aliphatic rings. The van der Waals surface area contributed by atoms with Crippen LogP contribution in [0.15, 0.2) is 41.4 Å². The molecule has 3 unspecified atom stereocenters. The van der Waals surface area contributed by atoms with Crippen molar-refractivity contribution < 1.29 is 32.6 Å². The summed E-state index contributed by atoms with van der Waals surface area (Å²) in [4.78, 5) is 31.3. The molecule has 0 aliphatic carbocycles. The average molecular weight is 619 g/mol. The number of hydrogen-bond acceptors (Lipinski definition) is 9. The van der Waals surface area contributed by atoms with Crippen LogP contribution in [-0.4, -0.2) is 80.1 Å². The third-order valence-electron chi connectivity index (χ3n) is 7.15. The number of rotatable bonds is 10. The maximum absolute atomic E-state index is 13.4. The molecule has 0 radical (unpaired) electrons. The van der Waals surface area contributed by atoms with Gasteiger partial charge in [-0.25, -0.2) is 13.4 Å². The molecule has 3 atom stereocenters. The highest BCUT2D eigenvalue weighted by Gasteiger charge is 2.35. The normalized spacial score (nSPS) is 18.8. The predicted octanol–water partition coefficient (Wildman–Crippen LogP) is 3.10. The summed E-state index contributed by atoms with van der Waals surface area (Å²) in [6.45, 7) is 5.62. The average Bonchev–Trinajstić information content (AvgIpc) is 3.28. The number of nitrogens with one attached hydrogen (secondary N) is 2. The van der Waals surface area contributed by atoms with E-state index in [2.05, 4.69) is 15.6 Å². The Balaban J connectivity index is 1.46. The van der Waals surface area contributed by atoms with Gasteiger partial charge in [0.2, 0.25) is 5.91 Å². The van der Waals surface area contributed by atoms with Gasteiger partial charge < -0.3 is 25.2 Å². The summed E-state index contributed by atoms with van der Waals surface area (Å²) in [5, 5.41) is 17.5. The first-order valence-electron chi connectivity index (χ1n) is 13.8. The Labute approximate surface area is 250 Å². The molecule has 3 N–H and O–H groups in total. The van der Waals surface area contributed by atoms with Crippen molar-refractivity contribution in [3.8, 4) is 11.5 Å². The standard InChI is InChI=1S/C29H38N4O7S2/c1-17(2)12-21(32-29(36)26-14-19-13-23(39-4)24(40-5)15-25(19)41-26)28(35)31-20-9-7-11-33(16-22(20)34)42(37,38)27-10-6-8-18(3)30-27/h6,8,10,13-15,17,20-22,34H,7,9,11-12,16H2,1-5H3,(H,31,35)(H,32,36). The smallest absolute Gasteiger partial charge is 0.262 e. The Morgan fingerprint density at radius 2 is 1.88 bits per heavy atom. The molecule has 1 fully saturated rings. The van der Waals surface area contributed by atoms with Crippen LogP contribution in [-0.2, 0) is 14.8 Å². The molecule has 0 bridgehead atoms. The highest BCUT2D eigenvalue weighted by atomic mass is 32.2. The van der Waals surface area contributed by atoms with Gasteiger partial charge in [0.15, 0.2) is 16.5 Å². The van der Waals surface area contributed by atoms with Crippen LogP contribution in [0, 0.1) is 12.8 Å². The molecule has 2 amide bonds. The summed E-state index contributed by atoms with van der Waals surface area (Å²) in [7, 11) is -0.826. The Bertz CT molecular complexity index is 1500. The van der Waals surface area contributed by atoms with Crippen LogP contribution in [0.25, 0.3) is 10.1 Å². The number of fused-ring (bicyclic) bond motifs is 1. The van der Waals surface area contributed by atoms with Gasteiger partial charge in [0.05, 0.1) is 31.2 Å². The van der Waals surface area contributed by atoms with Gasteiger partial charge in [-0.05, 0) is 61.8 Å². The minimum absolute atomic E-state index is 0.0741. The Hall–Kier alpha value is -3.26. The number of aromatic nitrogens is 1. The first-order valence-corrected chi connectivity index (χ1v) is 16.1. The van der Waals surface area contributed by atoms with Gasteiger partial charge >= 0.3 is 0 Å². The third-order valence-corrected chi connectivity index (χ3v) is 10.0. The SMILES string of the molecule is COc1cc2cc(C(=O)NC(CC(C)C)C(=O)NC3CCCN(S(=O)(=O)c4cccc(C)n4)CC3O)sc2cc1OC. The van der Waals surface area contributed by atoms with Gasteiger partial charge in [-0.15, -0.1) is 11.3 Å². The maximum Gasteiger partial charge on any atom is 0.262 e. The lowest BCUT2D eigenvalue weighted by atomic mass is 10.0. The molecule has 3 heterocycles. The molecule has 1 aliphatic heterocycles. The molecule has 0 saturated carbocycles. The Morgan fingerprint density at radius 3 is 2.55 bits per heavy atom. The second-order valence-corrected chi connectivity index (χ2v) is 13.8. The van der Waals surface area contributed by atoms with Crippen molar-refractivity contribution in [3.05, 3.63) is 47.0 Å². The lowest BCUT2D eigenvalue weighted by Gasteiger charge is -2.27. The maximum atomic E-state index is 13.4. The zero-order valence-corrected chi connectivity index (χ0v) is 26.0. The van der Waals surface area contributed by atoms with Gasteiger partial charge in [-0.3, -0.25) is 9.59 Å². The number of ether oxygens (including phenoxy) is 2. The van der Waals surface area contributed by atoms with Crippen LogP contribution in [0.2, 0.25) is 0 Å². The predicted molar refractivity (Wildman–Crippen MR) is 161 cm³/mol. The van der Waals surface area contributed by atoms with Crippen LogP contribution < -0.4 is 20.1 Å². The number of aliphatic hydroxyl groups is 1. The number of hydrogen-bond donors (Lipinski definition) is 3. The molecule has 228 valence electrons. The van der Waals surface area contributed by atoms with Crippen molar-refractivity contribution in [1.29, 1.82) is 0 Å². The van der Waals surface area contributed by atoms with E-state index in [1.807, 2.05) is 13.8 Å². The minimum Gasteiger partial charge on any atom is -0.493 e. The summed E-state index contributed by atoms with van der Waals surface area (Å²) < 4.78 is 39.2. The van der Waals surface area contributed by atoms with E-state index >= 15 is 0 Å². The number of nitrogens with zero attached hydrogens (tertiary/aromatic N) is 2. The monoisotopic (exact) mass is 618 g/mol. The van der Waals surface area contributed by atoms with E-state index in [9.17, 15) is 23.1 Å². The van der Waals surface area contributed by atoms with Crippen molar-refractivity contribution in [2.45, 2.75) is 63.2 Å². The van der Waals surface area contributed by atoms with E-state index in [4.69, 9.17) is 9.47 Å². The van der Waals surface area contributed by atoms with Crippen molar-refractivity contribution in [2.75, 3.05) is 27.3 Å². The zero-order valence-electron chi connectivity index (χ0n) is 24.4. The summed E-state index contributed by atoms with van der Waals surface area (Å²) in [6.07, 6.45) is 0.0526. The number of carbonyl (C=O) groups is 2. The number of aryl methyl sites for hydroxylation is 1. The quantitative estimate of drug-likeness (QED) is 0.314. The van der Waals surface area contributed by atoms with Crippen LogP contribution in [0.4, 0.5) is 0 Å². The van der Waals surface area contributed by atoms with Crippen LogP contribution >= 0.6 is 11.3 Å². The van der Waals surface area contributed by atoms with E-state index < -0.39 is 34.1 Å². The molecule has 1 saturated heterocycles. The molecule has 3 aromatic rings. The molecule has 0 spiro atoms. The zero-order chi connectivity index (χ0) is 30.6. The Kier molecular flexibility index (Phi) is 10.1. The summed E-state index contributed by atoms with van der Waals surface area (Å²) >= 11 is 1.28. The van der Waals surface area contributed by atoms with Crippen LogP contribution in [0.1, 0.15) is 48.5 Å². The molecule has 1 aromatic carbocycles. The highest BCUT2D eigenvalue weighted by molar-refractivity contribution is 7.89. The van der Waals surface area contributed by atoms with E-state index in [1.54, 1.807) is 51.5 Å². The molecule has 13 heteroatoms. The lowest BCUT2D eigenvalue weighted by molar-refractivity contribution is -0.125. The van der Waals surface area contributed by atoms with E-state index in [0.29, 0.717) is 41.3 Å². The number of β-amino-alcohol motifs (C(OH)–C–C–N with tert-alkyl or cyclic N) is 1. The van der Waals surface area contributed by atoms with Crippen LogP contribution in [0.3, 0.4) is 0 Å². The van der Waals surface area contributed by atoms with Gasteiger partial charge in [0.25, 0.3) is 15.9 Å². The molecule has 11 nitrogen and oxygen atoms in total. The number of methoxy groups -OCH3 is 2. The van der Waals surface area contributed by atoms with Crippen molar-refractivity contribution in [1.82, 2.24) is 19.9 Å². The second-order valence-electron chi connectivity index (χ2n) is 10.8.